The highest BCUT2D eigenvalue weighted by Gasteiger charge is 2.38. The number of hydrogen-bond donors (Lipinski definition) is 2. The van der Waals surface area contributed by atoms with E-state index in [9.17, 15) is 18.0 Å². The van der Waals surface area contributed by atoms with Gasteiger partial charge in [0, 0.05) is 5.02 Å². The summed E-state index contributed by atoms with van der Waals surface area (Å²) in [7, 11) is 0. The number of hydrogen-bond acceptors (Lipinski definition) is 2. The Balaban J connectivity index is 2.43. The van der Waals surface area contributed by atoms with Crippen molar-refractivity contribution in [3.8, 4) is 0 Å². The monoisotopic (exact) mass is 281 g/mol. The van der Waals surface area contributed by atoms with Gasteiger partial charge < -0.3 is 10.4 Å². The van der Waals surface area contributed by atoms with E-state index in [0.717, 1.165) is 0 Å². The number of carbonyl (C=O) groups excluding carboxylic acids is 1. The lowest BCUT2D eigenvalue weighted by atomic mass is 10.1. The third kappa shape index (κ3) is 4.93. The fourth-order valence-electron chi connectivity index (χ4n) is 1.22. The normalized spacial score (nSPS) is 13.2. The van der Waals surface area contributed by atoms with Crippen molar-refractivity contribution in [1.82, 2.24) is 5.32 Å². The van der Waals surface area contributed by atoms with Gasteiger partial charge in [0.2, 0.25) is 5.91 Å². The number of alkyl halides is 3. The van der Waals surface area contributed by atoms with Crippen LogP contribution in [0, 0.1) is 0 Å². The van der Waals surface area contributed by atoms with Crippen molar-refractivity contribution in [2.24, 2.45) is 0 Å². The Kier molecular flexibility index (Phi) is 4.98. The first-order valence-corrected chi connectivity index (χ1v) is 5.43. The largest absolute Gasteiger partial charge is 0.416 e. The first-order chi connectivity index (χ1) is 8.29. The van der Waals surface area contributed by atoms with Crippen LogP contribution in [0.4, 0.5) is 13.2 Å². The highest BCUT2D eigenvalue weighted by molar-refractivity contribution is 6.30. The lowest BCUT2D eigenvalue weighted by Crippen LogP contribution is -2.41. The molecule has 1 amide bonds. The predicted octanol–water partition coefficient (Wildman–Crippen LogP) is 1.92. The van der Waals surface area contributed by atoms with Gasteiger partial charge in [-0.15, -0.1) is 0 Å². The molecule has 3 nitrogen and oxygen atoms in total. The standard InChI is InChI=1S/C11H11ClF3NO2/c12-8-3-1-2-7(4-8)5-10(18)16-6-9(17)11(13,14)15/h1-4,9,17H,5-6H2,(H,16,18). The van der Waals surface area contributed by atoms with Gasteiger partial charge in [0.25, 0.3) is 0 Å². The van der Waals surface area contributed by atoms with Crippen LogP contribution in [0.3, 0.4) is 0 Å². The summed E-state index contributed by atoms with van der Waals surface area (Å²) in [6, 6.07) is 6.43. The SMILES string of the molecule is O=C(Cc1cccc(Cl)c1)NCC(O)C(F)(F)F. The van der Waals surface area contributed by atoms with Crippen LogP contribution in [-0.4, -0.2) is 29.8 Å². The van der Waals surface area contributed by atoms with E-state index in [1.54, 1.807) is 24.3 Å². The molecule has 0 fully saturated rings. The average molecular weight is 282 g/mol. The number of rotatable bonds is 4. The van der Waals surface area contributed by atoms with Gasteiger partial charge in [0.05, 0.1) is 13.0 Å². The van der Waals surface area contributed by atoms with E-state index >= 15 is 0 Å². The van der Waals surface area contributed by atoms with Gasteiger partial charge in [0.1, 0.15) is 0 Å². The van der Waals surface area contributed by atoms with E-state index in [1.807, 2.05) is 5.32 Å². The second kappa shape index (κ2) is 6.06. The molecule has 0 saturated carbocycles. The number of benzene rings is 1. The molecule has 0 aliphatic rings. The number of aliphatic hydroxyl groups is 1. The molecular formula is C11H11ClF3NO2. The maximum absolute atomic E-state index is 12.0. The third-order valence-electron chi connectivity index (χ3n) is 2.12. The van der Waals surface area contributed by atoms with E-state index in [4.69, 9.17) is 16.7 Å². The Bertz CT molecular complexity index is 423. The van der Waals surface area contributed by atoms with Crippen molar-refractivity contribution < 1.29 is 23.1 Å². The molecule has 0 spiro atoms. The molecule has 0 aliphatic carbocycles. The lowest BCUT2D eigenvalue weighted by Gasteiger charge is -2.14. The number of aliphatic hydroxyl groups excluding tert-OH is 1. The predicted molar refractivity (Wildman–Crippen MR) is 60.2 cm³/mol. The van der Waals surface area contributed by atoms with E-state index in [0.29, 0.717) is 10.6 Å². The minimum absolute atomic E-state index is 0.0921. The van der Waals surface area contributed by atoms with E-state index < -0.39 is 24.7 Å². The maximum Gasteiger partial charge on any atom is 0.416 e. The molecule has 2 N–H and O–H groups in total. The molecule has 1 unspecified atom stereocenters. The number of nitrogens with one attached hydrogen (secondary N) is 1. The topological polar surface area (TPSA) is 49.3 Å². The third-order valence-corrected chi connectivity index (χ3v) is 2.36. The molecule has 1 aromatic rings. The van der Waals surface area contributed by atoms with Gasteiger partial charge in [-0.05, 0) is 17.7 Å². The van der Waals surface area contributed by atoms with Gasteiger partial charge in [-0.25, -0.2) is 0 Å². The van der Waals surface area contributed by atoms with Crippen LogP contribution in [0.5, 0.6) is 0 Å². The van der Waals surface area contributed by atoms with Crippen molar-refractivity contribution in [2.45, 2.75) is 18.7 Å². The molecule has 1 atom stereocenters. The molecule has 0 aliphatic heterocycles. The molecule has 1 rings (SSSR count). The zero-order valence-corrected chi connectivity index (χ0v) is 9.92. The second-order valence-electron chi connectivity index (χ2n) is 3.67. The van der Waals surface area contributed by atoms with Gasteiger partial charge in [-0.1, -0.05) is 23.7 Å². The van der Waals surface area contributed by atoms with Crippen molar-refractivity contribution in [2.75, 3.05) is 6.54 Å². The Labute approximate surface area is 107 Å². The van der Waals surface area contributed by atoms with Crippen molar-refractivity contribution >= 4 is 17.5 Å². The minimum Gasteiger partial charge on any atom is -0.382 e. The maximum atomic E-state index is 12.0. The minimum atomic E-state index is -4.73. The molecular weight excluding hydrogens is 271 g/mol. The first-order valence-electron chi connectivity index (χ1n) is 5.05. The first kappa shape index (κ1) is 14.8. The highest BCUT2D eigenvalue weighted by atomic mass is 35.5. The van der Waals surface area contributed by atoms with Gasteiger partial charge >= 0.3 is 6.18 Å². The van der Waals surface area contributed by atoms with Crippen LogP contribution in [0.25, 0.3) is 0 Å². The molecule has 1 aromatic carbocycles. The van der Waals surface area contributed by atoms with E-state index in [2.05, 4.69) is 0 Å². The summed E-state index contributed by atoms with van der Waals surface area (Å²) >= 11 is 5.70. The molecule has 100 valence electrons. The van der Waals surface area contributed by atoms with E-state index in [-0.39, 0.29) is 6.42 Å². The van der Waals surface area contributed by atoms with Gasteiger partial charge in [0.15, 0.2) is 6.10 Å². The fourth-order valence-corrected chi connectivity index (χ4v) is 1.43. The molecule has 0 heterocycles. The Hall–Kier alpha value is -1.27. The molecule has 0 saturated heterocycles. The quantitative estimate of drug-likeness (QED) is 0.886. The van der Waals surface area contributed by atoms with E-state index in [1.165, 1.54) is 0 Å². The zero-order valence-electron chi connectivity index (χ0n) is 9.17. The zero-order chi connectivity index (χ0) is 13.8. The Morgan fingerprint density at radius 2 is 2.11 bits per heavy atom. The summed E-state index contributed by atoms with van der Waals surface area (Å²) in [5.74, 6) is -0.611. The Morgan fingerprint density at radius 3 is 2.67 bits per heavy atom. The van der Waals surface area contributed by atoms with Crippen LogP contribution in [0.1, 0.15) is 5.56 Å². The fraction of sp³-hybridized carbons (Fsp3) is 0.364. The molecule has 0 aromatic heterocycles. The second-order valence-corrected chi connectivity index (χ2v) is 4.10. The molecule has 0 bridgehead atoms. The molecule has 7 heteroatoms. The number of carbonyl (C=O) groups is 1. The molecule has 18 heavy (non-hydrogen) atoms. The van der Waals surface area contributed by atoms with Crippen molar-refractivity contribution in [3.63, 3.8) is 0 Å². The lowest BCUT2D eigenvalue weighted by molar-refractivity contribution is -0.201. The van der Waals surface area contributed by atoms with Crippen LogP contribution in [0.15, 0.2) is 24.3 Å². The summed E-state index contributed by atoms with van der Waals surface area (Å²) < 4.78 is 35.9. The number of halogens is 4. The summed E-state index contributed by atoms with van der Waals surface area (Å²) in [5, 5.41) is 11.1. The van der Waals surface area contributed by atoms with Gasteiger partial charge in [-0.2, -0.15) is 13.2 Å². The smallest absolute Gasteiger partial charge is 0.382 e. The summed E-state index contributed by atoms with van der Waals surface area (Å²) in [6.07, 6.45) is -7.38. The van der Waals surface area contributed by atoms with Crippen molar-refractivity contribution in [1.29, 1.82) is 0 Å². The van der Waals surface area contributed by atoms with Crippen LogP contribution in [0.2, 0.25) is 5.02 Å². The molecule has 0 radical (unpaired) electrons. The van der Waals surface area contributed by atoms with Crippen LogP contribution < -0.4 is 5.32 Å². The Morgan fingerprint density at radius 1 is 1.44 bits per heavy atom. The summed E-state index contributed by atoms with van der Waals surface area (Å²) in [4.78, 5) is 11.3. The highest BCUT2D eigenvalue weighted by Crippen LogP contribution is 2.19. The average Bonchev–Trinajstić information content (AvgIpc) is 2.24. The van der Waals surface area contributed by atoms with Crippen LogP contribution in [-0.2, 0) is 11.2 Å². The summed E-state index contributed by atoms with van der Waals surface area (Å²) in [5.41, 5.74) is 0.585. The van der Waals surface area contributed by atoms with Crippen molar-refractivity contribution in [3.05, 3.63) is 34.9 Å². The van der Waals surface area contributed by atoms with Gasteiger partial charge in [-0.3, -0.25) is 4.79 Å². The summed E-state index contributed by atoms with van der Waals surface area (Å²) in [6.45, 7) is -0.858. The number of amides is 1. The van der Waals surface area contributed by atoms with Crippen LogP contribution >= 0.6 is 11.6 Å².